The van der Waals surface area contributed by atoms with E-state index in [9.17, 15) is 0 Å². The van der Waals surface area contributed by atoms with Gasteiger partial charge in [-0.25, -0.2) is 0 Å². The molecule has 1 aliphatic heterocycles. The molecule has 2 rings (SSSR count). The quantitative estimate of drug-likeness (QED) is 0.686. The normalized spacial score (nSPS) is 15.3. The summed E-state index contributed by atoms with van der Waals surface area (Å²) >= 11 is 0. The summed E-state index contributed by atoms with van der Waals surface area (Å²) in [7, 11) is -1.02. The van der Waals surface area contributed by atoms with Crippen molar-refractivity contribution in [3.63, 3.8) is 0 Å². The van der Waals surface area contributed by atoms with Crippen molar-refractivity contribution in [1.29, 1.82) is 0 Å². The number of nitrogens with zero attached hydrogens (tertiary/aromatic N) is 1. The third-order valence-corrected chi connectivity index (χ3v) is 3.90. The summed E-state index contributed by atoms with van der Waals surface area (Å²) in [5, 5.41) is 0. The van der Waals surface area contributed by atoms with Crippen molar-refractivity contribution in [2.45, 2.75) is 19.6 Å². The van der Waals surface area contributed by atoms with Gasteiger partial charge >= 0.3 is 0 Å². The van der Waals surface area contributed by atoms with Crippen molar-refractivity contribution in [2.75, 3.05) is 17.6 Å². The van der Waals surface area contributed by atoms with Crippen LogP contribution in [0.3, 0.4) is 0 Å². The summed E-state index contributed by atoms with van der Waals surface area (Å²) in [6.45, 7) is 8.34. The maximum Gasteiger partial charge on any atom is 0.0665 e. The van der Waals surface area contributed by atoms with E-state index >= 15 is 0 Å². The average Bonchev–Trinajstić information content (AvgIpc) is 2.16. The van der Waals surface area contributed by atoms with E-state index in [0.29, 0.717) is 0 Å². The zero-order chi connectivity index (χ0) is 10.9. The fraction of sp³-hybridized carbons (Fsp3) is 0.385. The van der Waals surface area contributed by atoms with E-state index in [2.05, 4.69) is 61.0 Å². The molecule has 0 bridgehead atoms. The smallest absolute Gasteiger partial charge is 0.0665 e. The first-order valence-corrected chi connectivity index (χ1v) is 9.27. The number of anilines is 1. The zero-order valence-corrected chi connectivity index (χ0v) is 10.8. The van der Waals surface area contributed by atoms with Gasteiger partial charge in [-0.1, -0.05) is 50.0 Å². The Labute approximate surface area is 93.4 Å². The number of hydrogen-bond acceptors (Lipinski definition) is 1. The summed E-state index contributed by atoms with van der Waals surface area (Å²) in [5.74, 6) is 0. The molecule has 80 valence electrons. The highest BCUT2D eigenvalue weighted by Crippen LogP contribution is 2.26. The third kappa shape index (κ3) is 2.51. The Hall–Kier alpha value is -1.02. The maximum absolute atomic E-state index is 2.52. The molecule has 2 heteroatoms. The second kappa shape index (κ2) is 3.85. The van der Waals surface area contributed by atoms with Gasteiger partial charge < -0.3 is 4.90 Å². The second-order valence-electron chi connectivity index (χ2n) is 5.40. The van der Waals surface area contributed by atoms with Crippen LogP contribution in [0.5, 0.6) is 0 Å². The van der Waals surface area contributed by atoms with Crippen LogP contribution in [0.2, 0.25) is 19.6 Å². The predicted octanol–water partition coefficient (Wildman–Crippen LogP) is 3.40. The predicted molar refractivity (Wildman–Crippen MR) is 71.0 cm³/mol. The lowest BCUT2D eigenvalue weighted by molar-refractivity contribution is 0.966. The van der Waals surface area contributed by atoms with E-state index in [1.807, 2.05) is 0 Å². The Bertz CT molecular complexity index is 376. The highest BCUT2D eigenvalue weighted by Gasteiger charge is 2.20. The van der Waals surface area contributed by atoms with Gasteiger partial charge in [-0.3, -0.25) is 0 Å². The molecule has 0 aliphatic carbocycles. The molecule has 1 heterocycles. The van der Waals surface area contributed by atoms with Crippen molar-refractivity contribution in [3.8, 4) is 0 Å². The van der Waals surface area contributed by atoms with Crippen LogP contribution in [0.4, 0.5) is 5.69 Å². The highest BCUT2D eigenvalue weighted by molar-refractivity contribution is 6.76. The van der Waals surface area contributed by atoms with Crippen LogP contribution in [0.25, 0.3) is 6.08 Å². The topological polar surface area (TPSA) is 3.24 Å². The van der Waals surface area contributed by atoms with E-state index < -0.39 is 8.07 Å². The first-order valence-electron chi connectivity index (χ1n) is 5.57. The van der Waals surface area contributed by atoms with Crippen LogP contribution in [0.15, 0.2) is 30.3 Å². The zero-order valence-electron chi connectivity index (χ0n) is 9.83. The number of fused-ring (bicyclic) bond motifs is 1. The molecule has 0 unspecified atom stereocenters. The van der Waals surface area contributed by atoms with Gasteiger partial charge in [0.05, 0.1) is 8.07 Å². The van der Waals surface area contributed by atoms with Crippen molar-refractivity contribution in [1.82, 2.24) is 0 Å². The Kier molecular flexibility index (Phi) is 2.70. The molecule has 0 radical (unpaired) electrons. The van der Waals surface area contributed by atoms with Crippen LogP contribution in [0, 0.1) is 0 Å². The van der Waals surface area contributed by atoms with Crippen molar-refractivity contribution in [2.24, 2.45) is 0 Å². The molecule has 1 aromatic rings. The second-order valence-corrected chi connectivity index (χ2v) is 10.8. The van der Waals surface area contributed by atoms with Crippen molar-refractivity contribution in [3.05, 3.63) is 35.9 Å². The molecule has 0 spiro atoms. The average molecular weight is 217 g/mol. The minimum absolute atomic E-state index is 1.02. The van der Waals surface area contributed by atoms with E-state index in [4.69, 9.17) is 0 Å². The highest BCUT2D eigenvalue weighted by atomic mass is 28.3. The van der Waals surface area contributed by atoms with Crippen LogP contribution >= 0.6 is 0 Å². The molecule has 1 aromatic carbocycles. The molecule has 0 saturated carbocycles. The van der Waals surface area contributed by atoms with Gasteiger partial charge in [0.15, 0.2) is 0 Å². The number of hydrogen-bond donors (Lipinski definition) is 0. The third-order valence-electron chi connectivity index (χ3n) is 2.57. The number of para-hydroxylation sites is 1. The molecule has 15 heavy (non-hydrogen) atoms. The standard InChI is InChI=1S/C13H19NSi/c1-15(2,3)11-14-10-6-8-12-7-4-5-9-13(12)14/h4-9H,10-11H2,1-3H3. The van der Waals surface area contributed by atoms with Gasteiger partial charge in [-0.15, -0.1) is 0 Å². The number of rotatable bonds is 2. The summed E-state index contributed by atoms with van der Waals surface area (Å²) < 4.78 is 0. The Morgan fingerprint density at radius 1 is 1.20 bits per heavy atom. The Balaban J connectivity index is 2.27. The van der Waals surface area contributed by atoms with E-state index in [1.165, 1.54) is 17.4 Å². The van der Waals surface area contributed by atoms with Crippen molar-refractivity contribution < 1.29 is 0 Å². The van der Waals surface area contributed by atoms with E-state index in [-0.39, 0.29) is 0 Å². The van der Waals surface area contributed by atoms with Gasteiger partial charge in [-0.05, 0) is 11.6 Å². The molecule has 0 aromatic heterocycles. The van der Waals surface area contributed by atoms with Gasteiger partial charge in [-0.2, -0.15) is 0 Å². The molecule has 0 fully saturated rings. The van der Waals surface area contributed by atoms with Gasteiger partial charge in [0.25, 0.3) is 0 Å². The minimum Gasteiger partial charge on any atom is -0.370 e. The largest absolute Gasteiger partial charge is 0.370 e. The van der Waals surface area contributed by atoms with Gasteiger partial charge in [0.2, 0.25) is 0 Å². The molecule has 0 saturated heterocycles. The molecule has 1 nitrogen and oxygen atoms in total. The summed E-state index contributed by atoms with van der Waals surface area (Å²) in [4.78, 5) is 2.52. The summed E-state index contributed by atoms with van der Waals surface area (Å²) in [6.07, 6.45) is 5.74. The fourth-order valence-corrected chi connectivity index (χ4v) is 3.49. The van der Waals surface area contributed by atoms with E-state index in [0.717, 1.165) is 6.54 Å². The van der Waals surface area contributed by atoms with Gasteiger partial charge in [0, 0.05) is 18.4 Å². The lowest BCUT2D eigenvalue weighted by atomic mass is 10.1. The lowest BCUT2D eigenvalue weighted by Crippen LogP contribution is -2.41. The first kappa shape index (κ1) is 10.5. The van der Waals surface area contributed by atoms with Crippen LogP contribution < -0.4 is 4.90 Å². The molecular weight excluding hydrogens is 198 g/mol. The van der Waals surface area contributed by atoms with Crippen LogP contribution in [0.1, 0.15) is 5.56 Å². The Morgan fingerprint density at radius 3 is 2.67 bits per heavy atom. The molecule has 0 atom stereocenters. The molecule has 0 N–H and O–H groups in total. The summed E-state index contributed by atoms with van der Waals surface area (Å²) in [6, 6.07) is 8.68. The van der Waals surface area contributed by atoms with Crippen molar-refractivity contribution >= 4 is 19.8 Å². The fourth-order valence-electron chi connectivity index (χ4n) is 2.04. The lowest BCUT2D eigenvalue weighted by Gasteiger charge is -2.33. The van der Waals surface area contributed by atoms with Crippen LogP contribution in [-0.4, -0.2) is 20.8 Å². The SMILES string of the molecule is C[Si](C)(C)CN1CC=Cc2ccccc21. The monoisotopic (exact) mass is 217 g/mol. The Morgan fingerprint density at radius 2 is 1.93 bits per heavy atom. The molecular formula is C13H19NSi. The first-order chi connectivity index (χ1) is 7.06. The minimum atomic E-state index is -1.02. The van der Waals surface area contributed by atoms with E-state index in [1.54, 1.807) is 0 Å². The van der Waals surface area contributed by atoms with Gasteiger partial charge in [0.1, 0.15) is 0 Å². The molecule has 0 amide bonds. The molecule has 1 aliphatic rings. The number of benzene rings is 1. The van der Waals surface area contributed by atoms with Crippen LogP contribution in [-0.2, 0) is 0 Å². The summed E-state index contributed by atoms with van der Waals surface area (Å²) in [5.41, 5.74) is 2.77. The maximum atomic E-state index is 2.52.